The topological polar surface area (TPSA) is 47.4 Å². The summed E-state index contributed by atoms with van der Waals surface area (Å²) in [5, 5.41) is 4.19. The van der Waals surface area contributed by atoms with Crippen LogP contribution in [0.15, 0.2) is 36.7 Å². The van der Waals surface area contributed by atoms with Crippen molar-refractivity contribution in [1.29, 1.82) is 0 Å². The Morgan fingerprint density at radius 2 is 2.24 bits per heavy atom. The second kappa shape index (κ2) is 8.09. The van der Waals surface area contributed by atoms with Crippen LogP contribution in [0.3, 0.4) is 0 Å². The molecule has 1 aliphatic heterocycles. The molecule has 0 saturated carbocycles. The minimum atomic E-state index is -0.731. The highest BCUT2D eigenvalue weighted by Gasteiger charge is 2.28. The number of hydrogen-bond donors (Lipinski definition) is 0. The molecule has 1 aromatic heterocycles. The van der Waals surface area contributed by atoms with E-state index in [4.69, 9.17) is 4.74 Å². The summed E-state index contributed by atoms with van der Waals surface area (Å²) in [5.74, 6) is -1.29. The first-order valence-corrected chi connectivity index (χ1v) is 8.48. The van der Waals surface area contributed by atoms with Crippen LogP contribution in [-0.4, -0.2) is 39.8 Å². The van der Waals surface area contributed by atoms with Crippen LogP contribution < -0.4 is 4.74 Å². The van der Waals surface area contributed by atoms with Gasteiger partial charge in [0.25, 0.3) is 0 Å². The van der Waals surface area contributed by atoms with Crippen LogP contribution in [0.4, 0.5) is 8.78 Å². The number of hydrogen-bond acceptors (Lipinski definition) is 3. The quantitative estimate of drug-likeness (QED) is 0.722. The number of carbonyl (C=O) groups excluding carboxylic acids is 1. The van der Waals surface area contributed by atoms with Gasteiger partial charge in [0.1, 0.15) is 5.82 Å². The minimum Gasteiger partial charge on any atom is -0.491 e. The lowest BCUT2D eigenvalue weighted by Crippen LogP contribution is -2.38. The van der Waals surface area contributed by atoms with Gasteiger partial charge in [-0.05, 0) is 37.5 Å². The summed E-state index contributed by atoms with van der Waals surface area (Å²) < 4.78 is 33.4. The van der Waals surface area contributed by atoms with Gasteiger partial charge in [0.05, 0.1) is 19.2 Å². The molecule has 1 amide bonds. The molecule has 1 atom stereocenters. The molecule has 0 aliphatic carbocycles. The van der Waals surface area contributed by atoms with E-state index >= 15 is 0 Å². The van der Waals surface area contributed by atoms with Crippen LogP contribution in [-0.2, 0) is 11.3 Å². The normalized spacial score (nSPS) is 17.0. The van der Waals surface area contributed by atoms with Gasteiger partial charge in [0, 0.05) is 31.4 Å². The monoisotopic (exact) mass is 349 g/mol. The molecular weight excluding hydrogens is 328 g/mol. The fourth-order valence-corrected chi connectivity index (χ4v) is 3.12. The Hall–Kier alpha value is -2.44. The summed E-state index contributed by atoms with van der Waals surface area (Å²) in [5.41, 5.74) is 0. The van der Waals surface area contributed by atoms with Gasteiger partial charge in [-0.2, -0.15) is 5.10 Å². The van der Waals surface area contributed by atoms with Gasteiger partial charge >= 0.3 is 0 Å². The molecule has 0 N–H and O–H groups in total. The summed E-state index contributed by atoms with van der Waals surface area (Å²) in [6.07, 6.45) is 6.43. The molecule has 5 nitrogen and oxygen atoms in total. The molecule has 7 heteroatoms. The van der Waals surface area contributed by atoms with Crippen molar-refractivity contribution in [3.05, 3.63) is 48.3 Å². The number of carbonyl (C=O) groups is 1. The van der Waals surface area contributed by atoms with E-state index in [2.05, 4.69) is 5.10 Å². The molecule has 3 rings (SSSR count). The van der Waals surface area contributed by atoms with Crippen LogP contribution >= 0.6 is 0 Å². The van der Waals surface area contributed by atoms with Crippen molar-refractivity contribution in [2.75, 3.05) is 13.2 Å². The molecule has 0 unspecified atom stereocenters. The SMILES string of the molecule is O=C(CCCOc1ccc(F)cc1F)N1CCC[C@H]1Cn1cccn1. The van der Waals surface area contributed by atoms with Crippen molar-refractivity contribution in [3.8, 4) is 5.75 Å². The van der Waals surface area contributed by atoms with Gasteiger partial charge < -0.3 is 9.64 Å². The molecule has 1 fully saturated rings. The van der Waals surface area contributed by atoms with E-state index < -0.39 is 11.6 Å². The Labute approximate surface area is 145 Å². The molecule has 1 aromatic carbocycles. The molecular formula is C18H21F2N3O2. The highest BCUT2D eigenvalue weighted by Crippen LogP contribution is 2.21. The number of nitrogens with zero attached hydrogens (tertiary/aromatic N) is 3. The molecule has 0 bridgehead atoms. The number of aromatic nitrogens is 2. The Bertz CT molecular complexity index is 706. The molecule has 25 heavy (non-hydrogen) atoms. The molecule has 2 heterocycles. The Morgan fingerprint density at radius 1 is 1.36 bits per heavy atom. The van der Waals surface area contributed by atoms with Crippen molar-refractivity contribution < 1.29 is 18.3 Å². The van der Waals surface area contributed by atoms with Gasteiger partial charge in [-0.1, -0.05) is 0 Å². The van der Waals surface area contributed by atoms with E-state index in [0.29, 0.717) is 19.4 Å². The second-order valence-corrected chi connectivity index (χ2v) is 6.14. The number of rotatable bonds is 7. The fourth-order valence-electron chi connectivity index (χ4n) is 3.12. The van der Waals surface area contributed by atoms with E-state index in [-0.39, 0.29) is 24.3 Å². The molecule has 1 aliphatic rings. The molecule has 0 spiro atoms. The molecule has 134 valence electrons. The smallest absolute Gasteiger partial charge is 0.223 e. The van der Waals surface area contributed by atoms with Gasteiger partial charge in [0.2, 0.25) is 5.91 Å². The van der Waals surface area contributed by atoms with Crippen molar-refractivity contribution in [1.82, 2.24) is 14.7 Å². The van der Waals surface area contributed by atoms with E-state index in [1.165, 1.54) is 6.07 Å². The second-order valence-electron chi connectivity index (χ2n) is 6.14. The van der Waals surface area contributed by atoms with Crippen molar-refractivity contribution in [2.24, 2.45) is 0 Å². The van der Waals surface area contributed by atoms with Crippen LogP contribution in [0.25, 0.3) is 0 Å². The molecule has 1 saturated heterocycles. The number of ether oxygens (including phenoxy) is 1. The van der Waals surface area contributed by atoms with Gasteiger partial charge in [-0.3, -0.25) is 9.48 Å². The standard InChI is InChI=1S/C18H21F2N3O2/c19-14-6-7-17(16(20)12-14)25-11-2-5-18(24)23-10-1-4-15(23)13-22-9-3-8-21-22/h3,6-9,12,15H,1-2,4-5,10-11,13H2/t15-/m0/s1. The number of amides is 1. The van der Waals surface area contributed by atoms with Gasteiger partial charge in [-0.25, -0.2) is 8.78 Å². The van der Waals surface area contributed by atoms with E-state index in [1.807, 2.05) is 21.8 Å². The third kappa shape index (κ3) is 4.55. The summed E-state index contributed by atoms with van der Waals surface area (Å²) in [6.45, 7) is 1.68. The lowest BCUT2D eigenvalue weighted by Gasteiger charge is -2.24. The molecule has 2 aromatic rings. The largest absolute Gasteiger partial charge is 0.491 e. The molecule has 0 radical (unpaired) electrons. The van der Waals surface area contributed by atoms with Crippen LogP contribution in [0.2, 0.25) is 0 Å². The third-order valence-corrected chi connectivity index (χ3v) is 4.34. The van der Waals surface area contributed by atoms with Crippen LogP contribution in [0.5, 0.6) is 5.75 Å². The zero-order chi connectivity index (χ0) is 17.6. The summed E-state index contributed by atoms with van der Waals surface area (Å²) >= 11 is 0. The maximum atomic E-state index is 13.5. The average molecular weight is 349 g/mol. The van der Waals surface area contributed by atoms with Crippen molar-refractivity contribution in [3.63, 3.8) is 0 Å². The highest BCUT2D eigenvalue weighted by molar-refractivity contribution is 5.76. The Morgan fingerprint density at radius 3 is 3.00 bits per heavy atom. The van der Waals surface area contributed by atoms with E-state index in [0.717, 1.165) is 31.5 Å². The fraction of sp³-hybridized carbons (Fsp3) is 0.444. The number of halogens is 2. The van der Waals surface area contributed by atoms with Crippen LogP contribution in [0.1, 0.15) is 25.7 Å². The van der Waals surface area contributed by atoms with Crippen molar-refractivity contribution >= 4 is 5.91 Å². The summed E-state index contributed by atoms with van der Waals surface area (Å²) in [4.78, 5) is 14.3. The Balaban J connectivity index is 1.44. The van der Waals surface area contributed by atoms with Crippen LogP contribution in [0, 0.1) is 11.6 Å². The lowest BCUT2D eigenvalue weighted by molar-refractivity contribution is -0.132. The zero-order valence-corrected chi connectivity index (χ0v) is 13.9. The maximum absolute atomic E-state index is 13.5. The predicted molar refractivity (Wildman–Crippen MR) is 88.0 cm³/mol. The Kier molecular flexibility index (Phi) is 5.63. The summed E-state index contributed by atoms with van der Waals surface area (Å²) in [6, 6.07) is 5.22. The highest BCUT2D eigenvalue weighted by atomic mass is 19.1. The first-order valence-electron chi connectivity index (χ1n) is 8.48. The zero-order valence-electron chi connectivity index (χ0n) is 13.9. The average Bonchev–Trinajstić information content (AvgIpc) is 3.25. The number of likely N-dealkylation sites (tertiary alicyclic amines) is 1. The van der Waals surface area contributed by atoms with Gasteiger partial charge in [0.15, 0.2) is 11.6 Å². The summed E-state index contributed by atoms with van der Waals surface area (Å²) in [7, 11) is 0. The first kappa shape index (κ1) is 17.4. The lowest BCUT2D eigenvalue weighted by atomic mass is 10.2. The predicted octanol–water partition coefficient (Wildman–Crippen LogP) is 3.01. The number of benzene rings is 1. The van der Waals surface area contributed by atoms with Crippen molar-refractivity contribution in [2.45, 2.75) is 38.3 Å². The maximum Gasteiger partial charge on any atom is 0.223 e. The third-order valence-electron chi connectivity index (χ3n) is 4.34. The minimum absolute atomic E-state index is 0.00609. The van der Waals surface area contributed by atoms with E-state index in [1.54, 1.807) is 6.20 Å². The first-order chi connectivity index (χ1) is 12.1. The van der Waals surface area contributed by atoms with E-state index in [9.17, 15) is 13.6 Å². The van der Waals surface area contributed by atoms with Gasteiger partial charge in [-0.15, -0.1) is 0 Å².